The second-order valence-electron chi connectivity index (χ2n) is 5.42. The summed E-state index contributed by atoms with van der Waals surface area (Å²) in [5.74, 6) is 0.381. The van der Waals surface area contributed by atoms with Crippen molar-refractivity contribution in [2.45, 2.75) is 59.9 Å². The van der Waals surface area contributed by atoms with E-state index >= 15 is 0 Å². The van der Waals surface area contributed by atoms with Crippen LogP contribution < -0.4 is 5.32 Å². The fourth-order valence-electron chi connectivity index (χ4n) is 1.78. The second-order valence-corrected chi connectivity index (χ2v) is 6.21. The van der Waals surface area contributed by atoms with Crippen molar-refractivity contribution in [3.63, 3.8) is 0 Å². The van der Waals surface area contributed by atoms with Crippen LogP contribution >= 0.6 is 15.9 Å². The average Bonchev–Trinajstić information content (AvgIpc) is 2.17. The Morgan fingerprint density at radius 1 is 1.25 bits per heavy atom. The van der Waals surface area contributed by atoms with E-state index < -0.39 is 0 Å². The van der Waals surface area contributed by atoms with Crippen molar-refractivity contribution in [3.05, 3.63) is 0 Å². The molecule has 2 nitrogen and oxygen atoms in total. The fourth-order valence-corrected chi connectivity index (χ4v) is 2.24. The quantitative estimate of drug-likeness (QED) is 0.742. The molecule has 1 N–H and O–H groups in total. The standard InChI is InChI=1S/C13H26BrNO/c1-6-10(7-2)12(16)15-11(8-9-14)13(3,4)5/h10-11H,6-9H2,1-5H3,(H,15,16). The molecule has 16 heavy (non-hydrogen) atoms. The zero-order valence-electron chi connectivity index (χ0n) is 11.3. The molecule has 0 aliphatic heterocycles. The van der Waals surface area contributed by atoms with Gasteiger partial charge in [0.15, 0.2) is 0 Å². The second kappa shape index (κ2) is 7.31. The van der Waals surface area contributed by atoms with Crippen LogP contribution in [0.15, 0.2) is 0 Å². The van der Waals surface area contributed by atoms with E-state index in [0.717, 1.165) is 24.6 Å². The number of amides is 1. The van der Waals surface area contributed by atoms with Gasteiger partial charge in [0.25, 0.3) is 0 Å². The number of halogens is 1. The first-order valence-electron chi connectivity index (χ1n) is 6.23. The van der Waals surface area contributed by atoms with E-state index in [-0.39, 0.29) is 23.3 Å². The molecule has 0 bridgehead atoms. The predicted octanol–water partition coefficient (Wildman–Crippen LogP) is 3.74. The maximum absolute atomic E-state index is 12.0. The third-order valence-corrected chi connectivity index (χ3v) is 3.57. The van der Waals surface area contributed by atoms with Crippen LogP contribution in [0.4, 0.5) is 0 Å². The highest BCUT2D eigenvalue weighted by molar-refractivity contribution is 9.09. The third kappa shape index (κ3) is 5.33. The van der Waals surface area contributed by atoms with Crippen molar-refractivity contribution >= 4 is 21.8 Å². The van der Waals surface area contributed by atoms with Crippen molar-refractivity contribution in [1.82, 2.24) is 5.32 Å². The highest BCUT2D eigenvalue weighted by Crippen LogP contribution is 2.23. The molecule has 0 rings (SSSR count). The summed E-state index contributed by atoms with van der Waals surface area (Å²) in [4.78, 5) is 12.0. The van der Waals surface area contributed by atoms with Gasteiger partial charge in [-0.15, -0.1) is 0 Å². The van der Waals surface area contributed by atoms with Crippen LogP contribution in [-0.4, -0.2) is 17.3 Å². The predicted molar refractivity (Wildman–Crippen MR) is 73.9 cm³/mol. The summed E-state index contributed by atoms with van der Waals surface area (Å²) in [5, 5.41) is 4.12. The van der Waals surface area contributed by atoms with Crippen LogP contribution in [0.5, 0.6) is 0 Å². The Hall–Kier alpha value is -0.0500. The number of carbonyl (C=O) groups excluding carboxylic acids is 1. The Bertz CT molecular complexity index is 206. The SMILES string of the molecule is CCC(CC)C(=O)NC(CCBr)C(C)(C)C. The molecule has 0 fully saturated rings. The van der Waals surface area contributed by atoms with Crippen LogP contribution in [0.25, 0.3) is 0 Å². The molecule has 0 aliphatic carbocycles. The molecular formula is C13H26BrNO. The minimum Gasteiger partial charge on any atom is -0.353 e. The molecule has 0 saturated carbocycles. The summed E-state index contributed by atoms with van der Waals surface area (Å²) in [6.45, 7) is 10.7. The molecule has 0 aromatic heterocycles. The number of rotatable bonds is 6. The van der Waals surface area contributed by atoms with E-state index in [4.69, 9.17) is 0 Å². The molecule has 1 atom stereocenters. The van der Waals surface area contributed by atoms with Crippen molar-refractivity contribution in [2.75, 3.05) is 5.33 Å². The average molecular weight is 292 g/mol. The summed E-state index contributed by atoms with van der Waals surface area (Å²) in [6.07, 6.45) is 2.83. The van der Waals surface area contributed by atoms with Gasteiger partial charge < -0.3 is 5.32 Å². The molecule has 1 unspecified atom stereocenters. The molecule has 3 heteroatoms. The number of nitrogens with one attached hydrogen (secondary N) is 1. The van der Waals surface area contributed by atoms with E-state index in [1.54, 1.807) is 0 Å². The van der Waals surface area contributed by atoms with Crippen molar-refractivity contribution in [3.8, 4) is 0 Å². The zero-order chi connectivity index (χ0) is 12.8. The minimum absolute atomic E-state index is 0.120. The molecule has 0 aliphatic rings. The summed E-state index contributed by atoms with van der Waals surface area (Å²) in [5.41, 5.74) is 0.120. The van der Waals surface area contributed by atoms with Gasteiger partial charge in [0.2, 0.25) is 5.91 Å². The van der Waals surface area contributed by atoms with Gasteiger partial charge in [-0.2, -0.15) is 0 Å². The van der Waals surface area contributed by atoms with Crippen LogP contribution in [-0.2, 0) is 4.79 Å². The van der Waals surface area contributed by atoms with Crippen LogP contribution in [0.2, 0.25) is 0 Å². The van der Waals surface area contributed by atoms with E-state index in [9.17, 15) is 4.79 Å². The molecule has 0 radical (unpaired) electrons. The normalized spacial score (nSPS) is 13.9. The molecule has 0 spiro atoms. The van der Waals surface area contributed by atoms with Crippen molar-refractivity contribution in [2.24, 2.45) is 11.3 Å². The number of hydrogen-bond donors (Lipinski definition) is 1. The summed E-state index contributed by atoms with van der Waals surface area (Å²) < 4.78 is 0. The lowest BCUT2D eigenvalue weighted by Gasteiger charge is -2.32. The van der Waals surface area contributed by atoms with E-state index in [2.05, 4.69) is 55.9 Å². The van der Waals surface area contributed by atoms with Gasteiger partial charge >= 0.3 is 0 Å². The number of carbonyl (C=O) groups is 1. The lowest BCUT2D eigenvalue weighted by atomic mass is 9.84. The van der Waals surface area contributed by atoms with Crippen LogP contribution in [0, 0.1) is 11.3 Å². The number of alkyl halides is 1. The first kappa shape index (κ1) is 16.0. The van der Waals surface area contributed by atoms with E-state index in [0.29, 0.717) is 0 Å². The van der Waals surface area contributed by atoms with Crippen molar-refractivity contribution < 1.29 is 4.79 Å². The molecule has 0 saturated heterocycles. The van der Waals surface area contributed by atoms with Gasteiger partial charge in [-0.1, -0.05) is 50.5 Å². The van der Waals surface area contributed by atoms with Gasteiger partial charge in [-0.3, -0.25) is 4.79 Å². The van der Waals surface area contributed by atoms with Crippen LogP contribution in [0.3, 0.4) is 0 Å². The largest absolute Gasteiger partial charge is 0.353 e. The van der Waals surface area contributed by atoms with E-state index in [1.807, 2.05) is 0 Å². The number of hydrogen-bond acceptors (Lipinski definition) is 1. The third-order valence-electron chi connectivity index (χ3n) is 3.12. The maximum atomic E-state index is 12.0. The van der Waals surface area contributed by atoms with E-state index in [1.165, 1.54) is 0 Å². The smallest absolute Gasteiger partial charge is 0.223 e. The van der Waals surface area contributed by atoms with Gasteiger partial charge in [0.1, 0.15) is 0 Å². The first-order chi connectivity index (χ1) is 7.36. The Balaban J connectivity index is 4.45. The Labute approximate surface area is 109 Å². The molecule has 0 heterocycles. The lowest BCUT2D eigenvalue weighted by Crippen LogP contribution is -2.46. The molecule has 1 amide bonds. The summed E-state index contributed by atoms with van der Waals surface area (Å²) in [6, 6.07) is 0.250. The van der Waals surface area contributed by atoms with Gasteiger partial charge in [-0.05, 0) is 24.7 Å². The Morgan fingerprint density at radius 2 is 1.75 bits per heavy atom. The molecular weight excluding hydrogens is 266 g/mol. The summed E-state index contributed by atoms with van der Waals surface area (Å²) in [7, 11) is 0. The first-order valence-corrected chi connectivity index (χ1v) is 7.35. The topological polar surface area (TPSA) is 29.1 Å². The fraction of sp³-hybridized carbons (Fsp3) is 0.923. The summed E-state index contributed by atoms with van der Waals surface area (Å²) >= 11 is 3.45. The molecule has 0 aromatic carbocycles. The molecule has 0 aromatic rings. The maximum Gasteiger partial charge on any atom is 0.223 e. The lowest BCUT2D eigenvalue weighted by molar-refractivity contribution is -0.126. The van der Waals surface area contributed by atoms with Crippen LogP contribution in [0.1, 0.15) is 53.9 Å². The monoisotopic (exact) mass is 291 g/mol. The highest BCUT2D eigenvalue weighted by atomic mass is 79.9. The highest BCUT2D eigenvalue weighted by Gasteiger charge is 2.27. The van der Waals surface area contributed by atoms with Gasteiger partial charge in [0.05, 0.1) is 0 Å². The minimum atomic E-state index is 0.120. The zero-order valence-corrected chi connectivity index (χ0v) is 12.9. The Kier molecular flexibility index (Phi) is 7.29. The molecule has 96 valence electrons. The van der Waals surface area contributed by atoms with Crippen molar-refractivity contribution in [1.29, 1.82) is 0 Å². The Morgan fingerprint density at radius 3 is 2.06 bits per heavy atom. The van der Waals surface area contributed by atoms with Gasteiger partial charge in [-0.25, -0.2) is 0 Å². The van der Waals surface area contributed by atoms with Gasteiger partial charge in [0, 0.05) is 17.3 Å².